The summed E-state index contributed by atoms with van der Waals surface area (Å²) in [7, 11) is 1.58. The summed E-state index contributed by atoms with van der Waals surface area (Å²) in [5.41, 5.74) is 6.53. The highest BCUT2D eigenvalue weighted by Gasteiger charge is 2.20. The molecule has 104 valence electrons. The average Bonchev–Trinajstić information content (AvgIpc) is 2.82. The maximum Gasteiger partial charge on any atom is 0.264 e. The van der Waals surface area contributed by atoms with Crippen LogP contribution in [0.25, 0.3) is 10.1 Å². The fourth-order valence-corrected chi connectivity index (χ4v) is 3.01. The summed E-state index contributed by atoms with van der Waals surface area (Å²) in [5, 5.41) is 3.56. The van der Waals surface area contributed by atoms with Crippen molar-refractivity contribution in [3.05, 3.63) is 23.1 Å². The van der Waals surface area contributed by atoms with Crippen LogP contribution in [-0.4, -0.2) is 19.1 Å². The third-order valence-corrected chi connectivity index (χ3v) is 4.22. The molecule has 1 aromatic heterocycles. The van der Waals surface area contributed by atoms with E-state index in [4.69, 9.17) is 16.9 Å². The van der Waals surface area contributed by atoms with Gasteiger partial charge in [-0.1, -0.05) is 18.9 Å². The molecule has 3 N–H and O–H groups in total. The minimum absolute atomic E-state index is 0.240. The largest absolute Gasteiger partial charge is 0.496 e. The van der Waals surface area contributed by atoms with Gasteiger partial charge in [0.1, 0.15) is 10.6 Å². The Morgan fingerprint density at radius 1 is 1.60 bits per heavy atom. The van der Waals surface area contributed by atoms with E-state index in [0.717, 1.165) is 10.1 Å². The predicted octanol–water partition coefficient (Wildman–Crippen LogP) is 2.63. The number of methoxy groups -OCH3 is 1. The van der Waals surface area contributed by atoms with Crippen molar-refractivity contribution in [2.75, 3.05) is 12.8 Å². The molecule has 1 amide bonds. The fraction of sp³-hybridized carbons (Fsp3) is 0.267. The molecule has 1 unspecified atom stereocenters. The number of amides is 1. The quantitative estimate of drug-likeness (QED) is 0.850. The summed E-state index contributed by atoms with van der Waals surface area (Å²) >= 11 is 1.34. The maximum atomic E-state index is 12.2. The first-order valence-electron chi connectivity index (χ1n) is 6.24. The van der Waals surface area contributed by atoms with E-state index in [1.54, 1.807) is 7.11 Å². The summed E-state index contributed by atoms with van der Waals surface area (Å²) < 4.78 is 6.20. The van der Waals surface area contributed by atoms with Crippen LogP contribution in [0.5, 0.6) is 5.75 Å². The Hall–Kier alpha value is -2.19. The van der Waals surface area contributed by atoms with E-state index < -0.39 is 0 Å². The van der Waals surface area contributed by atoms with Gasteiger partial charge in [0.15, 0.2) is 0 Å². The van der Waals surface area contributed by atoms with Gasteiger partial charge in [0.2, 0.25) is 0 Å². The van der Waals surface area contributed by atoms with Crippen LogP contribution in [0, 0.1) is 12.3 Å². The lowest BCUT2D eigenvalue weighted by Crippen LogP contribution is -2.33. The zero-order chi connectivity index (χ0) is 14.7. The molecule has 0 saturated carbocycles. The number of nitrogens with one attached hydrogen (secondary N) is 1. The number of benzene rings is 1. The molecule has 5 heteroatoms. The number of thiophene rings is 1. The number of nitrogens with two attached hydrogens (primary N) is 1. The van der Waals surface area contributed by atoms with Crippen molar-refractivity contribution in [1.29, 1.82) is 0 Å². The molecule has 0 aliphatic heterocycles. The van der Waals surface area contributed by atoms with E-state index in [1.807, 2.05) is 25.1 Å². The summed E-state index contributed by atoms with van der Waals surface area (Å²) in [6.07, 6.45) is 6.03. The second kappa shape index (κ2) is 5.85. The van der Waals surface area contributed by atoms with Crippen molar-refractivity contribution in [2.24, 2.45) is 0 Å². The molecule has 0 fully saturated rings. The van der Waals surface area contributed by atoms with Crippen molar-refractivity contribution < 1.29 is 9.53 Å². The molecule has 0 aliphatic rings. The zero-order valence-corrected chi connectivity index (χ0v) is 12.2. The highest BCUT2D eigenvalue weighted by Crippen LogP contribution is 2.39. The Morgan fingerprint density at radius 3 is 2.95 bits per heavy atom. The van der Waals surface area contributed by atoms with Crippen LogP contribution in [0.4, 0.5) is 5.69 Å². The van der Waals surface area contributed by atoms with Crippen LogP contribution in [0.15, 0.2) is 18.2 Å². The lowest BCUT2D eigenvalue weighted by atomic mass is 10.2. The molecule has 20 heavy (non-hydrogen) atoms. The van der Waals surface area contributed by atoms with E-state index >= 15 is 0 Å². The van der Waals surface area contributed by atoms with Gasteiger partial charge in [-0.15, -0.1) is 17.8 Å². The van der Waals surface area contributed by atoms with Crippen LogP contribution >= 0.6 is 11.3 Å². The van der Waals surface area contributed by atoms with E-state index in [9.17, 15) is 4.79 Å². The first kappa shape index (κ1) is 14.2. The topological polar surface area (TPSA) is 64.3 Å². The number of rotatable bonds is 4. The minimum atomic E-state index is -0.283. The van der Waals surface area contributed by atoms with Gasteiger partial charge in [0.25, 0.3) is 5.91 Å². The molecule has 1 heterocycles. The Balaban J connectivity index is 2.44. The molecule has 1 atom stereocenters. The Kier molecular flexibility index (Phi) is 4.16. The van der Waals surface area contributed by atoms with Gasteiger partial charge in [0, 0.05) is 4.70 Å². The highest BCUT2D eigenvalue weighted by atomic mass is 32.1. The standard InChI is InChI=1S/C15H16N2O2S/c1-4-9(5-2)17-15(18)14-13(16)12-10(19-3)7-6-8-11(12)20-14/h1,6-9H,5,16H2,2-3H3,(H,17,18). The third-order valence-electron chi connectivity index (χ3n) is 3.05. The van der Waals surface area contributed by atoms with Gasteiger partial charge in [-0.2, -0.15) is 0 Å². The van der Waals surface area contributed by atoms with Crippen molar-refractivity contribution in [3.63, 3.8) is 0 Å². The minimum Gasteiger partial charge on any atom is -0.496 e. The van der Waals surface area contributed by atoms with Crippen LogP contribution in [-0.2, 0) is 0 Å². The number of hydrogen-bond donors (Lipinski definition) is 2. The summed E-state index contributed by atoms with van der Waals surface area (Å²) in [6, 6.07) is 5.32. The molecule has 2 rings (SSSR count). The molecular formula is C15H16N2O2S. The Morgan fingerprint density at radius 2 is 2.35 bits per heavy atom. The number of anilines is 1. The lowest BCUT2D eigenvalue weighted by molar-refractivity contribution is 0.0950. The van der Waals surface area contributed by atoms with Crippen molar-refractivity contribution in [3.8, 4) is 18.1 Å². The maximum absolute atomic E-state index is 12.2. The second-order valence-electron chi connectivity index (χ2n) is 4.28. The third kappa shape index (κ3) is 2.43. The normalized spacial score (nSPS) is 11.8. The van der Waals surface area contributed by atoms with Crippen LogP contribution in [0.1, 0.15) is 23.0 Å². The summed E-state index contributed by atoms with van der Waals surface area (Å²) in [4.78, 5) is 12.7. The number of hydrogen-bond acceptors (Lipinski definition) is 4. The number of carbonyl (C=O) groups excluding carboxylic acids is 1. The second-order valence-corrected chi connectivity index (χ2v) is 5.33. The number of fused-ring (bicyclic) bond motifs is 1. The van der Waals surface area contributed by atoms with Crippen molar-refractivity contribution >= 4 is 33.0 Å². The number of carbonyl (C=O) groups is 1. The van der Waals surface area contributed by atoms with Gasteiger partial charge < -0.3 is 15.8 Å². The zero-order valence-electron chi connectivity index (χ0n) is 11.4. The predicted molar refractivity (Wildman–Crippen MR) is 83.2 cm³/mol. The van der Waals surface area contributed by atoms with Gasteiger partial charge in [-0.3, -0.25) is 4.79 Å². The van der Waals surface area contributed by atoms with Gasteiger partial charge >= 0.3 is 0 Å². The van der Waals surface area contributed by atoms with Crippen LogP contribution in [0.3, 0.4) is 0 Å². The molecule has 1 aromatic carbocycles. The monoisotopic (exact) mass is 288 g/mol. The van der Waals surface area contributed by atoms with Crippen LogP contribution in [0.2, 0.25) is 0 Å². The first-order chi connectivity index (χ1) is 9.62. The molecule has 0 radical (unpaired) electrons. The number of ether oxygens (including phenoxy) is 1. The Bertz CT molecular complexity index is 685. The smallest absolute Gasteiger partial charge is 0.264 e. The van der Waals surface area contributed by atoms with E-state index in [-0.39, 0.29) is 11.9 Å². The number of terminal acetylenes is 1. The van der Waals surface area contributed by atoms with Gasteiger partial charge in [-0.05, 0) is 18.6 Å². The van der Waals surface area contributed by atoms with Crippen LogP contribution < -0.4 is 15.8 Å². The van der Waals surface area contributed by atoms with E-state index in [0.29, 0.717) is 22.7 Å². The van der Waals surface area contributed by atoms with E-state index in [2.05, 4.69) is 11.2 Å². The molecule has 0 bridgehead atoms. The SMILES string of the molecule is C#CC(CC)NC(=O)c1sc2cccc(OC)c2c1N. The van der Waals surface area contributed by atoms with Gasteiger partial charge in [0.05, 0.1) is 24.2 Å². The van der Waals surface area contributed by atoms with Crippen molar-refractivity contribution in [2.45, 2.75) is 19.4 Å². The molecule has 0 aliphatic carbocycles. The van der Waals surface area contributed by atoms with E-state index in [1.165, 1.54) is 11.3 Å². The lowest BCUT2D eigenvalue weighted by Gasteiger charge is -2.09. The molecular weight excluding hydrogens is 272 g/mol. The molecule has 0 saturated heterocycles. The molecule has 0 spiro atoms. The fourth-order valence-electron chi connectivity index (χ4n) is 1.96. The first-order valence-corrected chi connectivity index (χ1v) is 7.06. The number of nitrogen functional groups attached to an aromatic ring is 1. The molecule has 2 aromatic rings. The highest BCUT2D eigenvalue weighted by molar-refractivity contribution is 7.21. The van der Waals surface area contributed by atoms with Crippen molar-refractivity contribution in [1.82, 2.24) is 5.32 Å². The summed E-state index contributed by atoms with van der Waals surface area (Å²) in [5.74, 6) is 2.96. The molecule has 4 nitrogen and oxygen atoms in total. The van der Waals surface area contributed by atoms with Gasteiger partial charge in [-0.25, -0.2) is 0 Å². The average molecular weight is 288 g/mol. The Labute approximate surface area is 121 Å². The summed E-state index contributed by atoms with van der Waals surface area (Å²) in [6.45, 7) is 1.92.